The van der Waals surface area contributed by atoms with Gasteiger partial charge in [-0.3, -0.25) is 14.6 Å². The Morgan fingerprint density at radius 3 is 3.00 bits per heavy atom. The summed E-state index contributed by atoms with van der Waals surface area (Å²) in [4.78, 5) is 19.0. The van der Waals surface area contributed by atoms with Crippen LogP contribution in [0.1, 0.15) is 57.6 Å². The minimum Gasteiger partial charge on any atom is -0.361 e. The number of likely N-dealkylation sites (N-methyl/N-ethyl adjacent to an activating group) is 1. The molecule has 4 heterocycles. The number of carbonyl (C=O) groups is 1. The van der Waals surface area contributed by atoms with Crippen LogP contribution in [0, 0.1) is 13.8 Å². The molecule has 7 heteroatoms. The van der Waals surface area contributed by atoms with Crippen molar-refractivity contribution in [2.24, 2.45) is 0 Å². The molecule has 0 bridgehead atoms. The molecule has 2 aromatic rings. The smallest absolute Gasteiger partial charge is 0.252 e. The summed E-state index contributed by atoms with van der Waals surface area (Å²) >= 11 is 1.72. The number of hydrogen-bond acceptors (Lipinski definition) is 6. The first-order chi connectivity index (χ1) is 13.6. The van der Waals surface area contributed by atoms with E-state index >= 15 is 0 Å². The quantitative estimate of drug-likeness (QED) is 0.804. The summed E-state index contributed by atoms with van der Waals surface area (Å²) in [5.41, 5.74) is 4.30. The van der Waals surface area contributed by atoms with Gasteiger partial charge in [0.1, 0.15) is 5.76 Å². The van der Waals surface area contributed by atoms with Crippen LogP contribution in [-0.4, -0.2) is 53.1 Å². The van der Waals surface area contributed by atoms with Crippen molar-refractivity contribution in [3.05, 3.63) is 38.4 Å². The molecule has 0 unspecified atom stereocenters. The zero-order chi connectivity index (χ0) is 19.7. The normalized spacial score (nSPS) is 20.5. The average Bonchev–Trinajstić information content (AvgIpc) is 3.40. The van der Waals surface area contributed by atoms with E-state index in [2.05, 4.69) is 27.2 Å². The van der Waals surface area contributed by atoms with Gasteiger partial charge in [0.05, 0.1) is 11.3 Å². The van der Waals surface area contributed by atoms with Crippen molar-refractivity contribution in [1.82, 2.24) is 20.3 Å². The molecule has 0 saturated carbocycles. The van der Waals surface area contributed by atoms with E-state index in [0.717, 1.165) is 62.7 Å². The van der Waals surface area contributed by atoms with Gasteiger partial charge in [-0.15, -0.1) is 11.3 Å². The van der Waals surface area contributed by atoms with E-state index in [1.54, 1.807) is 11.3 Å². The van der Waals surface area contributed by atoms with E-state index in [1.807, 2.05) is 19.2 Å². The molecule has 1 N–H and O–H groups in total. The van der Waals surface area contributed by atoms with Gasteiger partial charge in [0.25, 0.3) is 5.91 Å². The van der Waals surface area contributed by atoms with E-state index in [9.17, 15) is 4.79 Å². The number of amides is 1. The zero-order valence-electron chi connectivity index (χ0n) is 17.1. The lowest BCUT2D eigenvalue weighted by molar-refractivity contribution is 0.0940. The maximum atomic E-state index is 12.8. The molecule has 4 rings (SSSR count). The predicted octanol–water partition coefficient (Wildman–Crippen LogP) is 3.13. The molecule has 1 fully saturated rings. The SMILES string of the molecule is CCN1CCC[C@@H]1CNC(=O)c1csc2c1CCN(Cc1c(C)noc1C)C2. The van der Waals surface area contributed by atoms with Crippen LogP contribution in [0.25, 0.3) is 0 Å². The van der Waals surface area contributed by atoms with Crippen molar-refractivity contribution >= 4 is 17.2 Å². The van der Waals surface area contributed by atoms with Gasteiger partial charge in [-0.1, -0.05) is 12.1 Å². The lowest BCUT2D eigenvalue weighted by Gasteiger charge is -2.27. The summed E-state index contributed by atoms with van der Waals surface area (Å²) in [7, 11) is 0. The fourth-order valence-electron chi connectivity index (χ4n) is 4.51. The Bertz CT molecular complexity index is 824. The highest BCUT2D eigenvalue weighted by atomic mass is 32.1. The van der Waals surface area contributed by atoms with Crippen LogP contribution in [-0.2, 0) is 19.5 Å². The van der Waals surface area contributed by atoms with Gasteiger partial charge in [0.15, 0.2) is 0 Å². The first-order valence-corrected chi connectivity index (χ1v) is 11.2. The largest absolute Gasteiger partial charge is 0.361 e. The van der Waals surface area contributed by atoms with Gasteiger partial charge in [0, 0.05) is 48.0 Å². The fraction of sp³-hybridized carbons (Fsp3) is 0.619. The molecule has 1 atom stereocenters. The van der Waals surface area contributed by atoms with Crippen molar-refractivity contribution in [3.63, 3.8) is 0 Å². The third-order valence-corrected chi connectivity index (χ3v) is 7.25. The summed E-state index contributed by atoms with van der Waals surface area (Å²) in [6.07, 6.45) is 3.35. The summed E-state index contributed by atoms with van der Waals surface area (Å²) in [6, 6.07) is 0.494. The second-order valence-corrected chi connectivity index (χ2v) is 8.91. The average molecular weight is 403 g/mol. The molecule has 0 aliphatic carbocycles. The van der Waals surface area contributed by atoms with Gasteiger partial charge in [-0.2, -0.15) is 0 Å². The highest BCUT2D eigenvalue weighted by molar-refractivity contribution is 7.10. The van der Waals surface area contributed by atoms with Crippen LogP contribution in [0.2, 0.25) is 0 Å². The molecule has 28 heavy (non-hydrogen) atoms. The third kappa shape index (κ3) is 3.88. The second kappa shape index (κ2) is 8.35. The van der Waals surface area contributed by atoms with E-state index in [-0.39, 0.29) is 5.91 Å². The second-order valence-electron chi connectivity index (χ2n) is 7.95. The van der Waals surface area contributed by atoms with E-state index < -0.39 is 0 Å². The monoisotopic (exact) mass is 402 g/mol. The third-order valence-electron chi connectivity index (χ3n) is 6.24. The number of fused-ring (bicyclic) bond motifs is 1. The molecule has 6 nitrogen and oxygen atoms in total. The minimum atomic E-state index is 0.0969. The number of nitrogens with zero attached hydrogens (tertiary/aromatic N) is 3. The van der Waals surface area contributed by atoms with Crippen LogP contribution in [0.4, 0.5) is 0 Å². The fourth-order valence-corrected chi connectivity index (χ4v) is 5.63. The van der Waals surface area contributed by atoms with Crippen LogP contribution in [0.3, 0.4) is 0 Å². The van der Waals surface area contributed by atoms with E-state index in [1.165, 1.54) is 28.8 Å². The number of thiophene rings is 1. The summed E-state index contributed by atoms with van der Waals surface area (Å²) in [5.74, 6) is 1.00. The molecule has 1 saturated heterocycles. The molecule has 2 aromatic heterocycles. The van der Waals surface area contributed by atoms with Gasteiger partial charge in [0.2, 0.25) is 0 Å². The number of nitrogens with one attached hydrogen (secondary N) is 1. The Hall–Kier alpha value is -1.70. The van der Waals surface area contributed by atoms with Crippen molar-refractivity contribution in [2.45, 2.75) is 59.2 Å². The Morgan fingerprint density at radius 2 is 2.25 bits per heavy atom. The topological polar surface area (TPSA) is 61.6 Å². The number of likely N-dealkylation sites (tertiary alicyclic amines) is 1. The first-order valence-electron chi connectivity index (χ1n) is 10.3. The van der Waals surface area contributed by atoms with E-state index in [4.69, 9.17) is 4.52 Å². The van der Waals surface area contributed by atoms with Gasteiger partial charge < -0.3 is 9.84 Å². The van der Waals surface area contributed by atoms with E-state index in [0.29, 0.717) is 6.04 Å². The Kier molecular flexibility index (Phi) is 5.85. The molecule has 2 aliphatic heterocycles. The lowest BCUT2D eigenvalue weighted by atomic mass is 10.0. The molecule has 1 amide bonds. The standard InChI is InChI=1S/C21H30N4O2S/c1-4-25-8-5-6-16(25)10-22-21(26)19-13-28-20-12-24(9-7-17(19)20)11-18-14(2)23-27-15(18)3/h13,16H,4-12H2,1-3H3,(H,22,26)/t16-/m1/s1. The molecule has 0 aromatic carbocycles. The Labute approximate surface area is 170 Å². The number of aryl methyl sites for hydroxylation is 2. The zero-order valence-corrected chi connectivity index (χ0v) is 17.9. The predicted molar refractivity (Wildman–Crippen MR) is 111 cm³/mol. The first kappa shape index (κ1) is 19.6. The minimum absolute atomic E-state index is 0.0969. The number of carbonyl (C=O) groups excluding carboxylic acids is 1. The lowest BCUT2D eigenvalue weighted by Crippen LogP contribution is -2.40. The molecule has 0 radical (unpaired) electrons. The number of aromatic nitrogens is 1. The number of rotatable bonds is 6. The van der Waals surface area contributed by atoms with Gasteiger partial charge in [-0.05, 0) is 51.8 Å². The van der Waals surface area contributed by atoms with Crippen molar-refractivity contribution in [2.75, 3.05) is 26.2 Å². The Balaban J connectivity index is 1.37. The van der Waals surface area contributed by atoms with Crippen molar-refractivity contribution in [3.8, 4) is 0 Å². The molecule has 152 valence electrons. The van der Waals surface area contributed by atoms with Crippen LogP contribution in [0.15, 0.2) is 9.90 Å². The molecular formula is C21H30N4O2S. The van der Waals surface area contributed by atoms with Gasteiger partial charge >= 0.3 is 0 Å². The van der Waals surface area contributed by atoms with Crippen LogP contribution in [0.5, 0.6) is 0 Å². The number of hydrogen-bond donors (Lipinski definition) is 1. The highest BCUT2D eigenvalue weighted by Gasteiger charge is 2.27. The molecule has 2 aliphatic rings. The molecular weight excluding hydrogens is 372 g/mol. The van der Waals surface area contributed by atoms with Crippen molar-refractivity contribution < 1.29 is 9.32 Å². The Morgan fingerprint density at radius 1 is 1.39 bits per heavy atom. The maximum Gasteiger partial charge on any atom is 0.252 e. The maximum absolute atomic E-state index is 12.8. The highest BCUT2D eigenvalue weighted by Crippen LogP contribution is 2.30. The van der Waals surface area contributed by atoms with Crippen LogP contribution < -0.4 is 5.32 Å². The van der Waals surface area contributed by atoms with Crippen LogP contribution >= 0.6 is 11.3 Å². The summed E-state index contributed by atoms with van der Waals surface area (Å²) < 4.78 is 5.30. The van der Waals surface area contributed by atoms with Gasteiger partial charge in [-0.25, -0.2) is 0 Å². The molecule has 0 spiro atoms. The van der Waals surface area contributed by atoms with Crippen molar-refractivity contribution in [1.29, 1.82) is 0 Å². The summed E-state index contributed by atoms with van der Waals surface area (Å²) in [6.45, 7) is 11.9. The summed E-state index contributed by atoms with van der Waals surface area (Å²) in [5, 5.41) is 9.31.